The molecule has 0 aromatic heterocycles. The average Bonchev–Trinajstić information content (AvgIpc) is 3.38. The normalized spacial score (nSPS) is 14.3. The topological polar surface area (TPSA) is 84.0 Å². The van der Waals surface area contributed by atoms with Crippen LogP contribution < -0.4 is 0 Å². The van der Waals surface area contributed by atoms with Crippen LogP contribution in [0.1, 0.15) is 30.1 Å². The third kappa shape index (κ3) is 4.96. The lowest BCUT2D eigenvalue weighted by Gasteiger charge is -2.22. The highest BCUT2D eigenvalue weighted by Crippen LogP contribution is 2.31. The Labute approximate surface area is 158 Å². The maximum absolute atomic E-state index is 12.9. The van der Waals surface area contributed by atoms with Crippen molar-refractivity contribution in [3.63, 3.8) is 0 Å². The van der Waals surface area contributed by atoms with Crippen molar-refractivity contribution < 1.29 is 22.7 Å². The van der Waals surface area contributed by atoms with E-state index in [1.165, 1.54) is 37.2 Å². The molecule has 144 valence electrons. The molecule has 0 unspecified atom stereocenters. The number of carbonyl (C=O) groups excluding carboxylic acids is 2. The first-order valence-electron chi connectivity index (χ1n) is 8.33. The van der Waals surface area contributed by atoms with Gasteiger partial charge in [-0.15, -0.1) is 0 Å². The van der Waals surface area contributed by atoms with Gasteiger partial charge in [-0.1, -0.05) is 11.6 Å². The lowest BCUT2D eigenvalue weighted by atomic mass is 10.2. The lowest BCUT2D eigenvalue weighted by Crippen LogP contribution is -2.38. The Morgan fingerprint density at radius 3 is 2.46 bits per heavy atom. The van der Waals surface area contributed by atoms with E-state index >= 15 is 0 Å². The van der Waals surface area contributed by atoms with Crippen molar-refractivity contribution >= 4 is 33.5 Å². The van der Waals surface area contributed by atoms with E-state index in [1.807, 2.05) is 0 Å². The largest absolute Gasteiger partial charge is 0.465 e. The van der Waals surface area contributed by atoms with Gasteiger partial charge in [0, 0.05) is 20.6 Å². The molecule has 0 radical (unpaired) electrons. The van der Waals surface area contributed by atoms with Gasteiger partial charge in [0.1, 0.15) is 6.54 Å². The van der Waals surface area contributed by atoms with E-state index in [2.05, 4.69) is 0 Å². The highest BCUT2D eigenvalue weighted by Gasteiger charge is 2.30. The summed E-state index contributed by atoms with van der Waals surface area (Å²) in [5.74, 6) is -0.638. The molecule has 1 aliphatic rings. The zero-order valence-electron chi connectivity index (χ0n) is 15.1. The third-order valence-electron chi connectivity index (χ3n) is 4.03. The van der Waals surface area contributed by atoms with Crippen molar-refractivity contribution in [3.05, 3.63) is 28.8 Å². The van der Waals surface area contributed by atoms with Crippen molar-refractivity contribution in [2.24, 2.45) is 5.92 Å². The van der Waals surface area contributed by atoms with E-state index in [0.29, 0.717) is 12.5 Å². The minimum absolute atomic E-state index is 0.0299. The minimum Gasteiger partial charge on any atom is -0.465 e. The van der Waals surface area contributed by atoms with Crippen LogP contribution in [0.3, 0.4) is 0 Å². The molecule has 0 bridgehead atoms. The van der Waals surface area contributed by atoms with E-state index < -0.39 is 21.9 Å². The van der Waals surface area contributed by atoms with Crippen molar-refractivity contribution in [2.75, 3.05) is 33.8 Å². The second-order valence-electron chi connectivity index (χ2n) is 6.36. The van der Waals surface area contributed by atoms with Crippen LogP contribution in [0, 0.1) is 5.92 Å². The Kier molecular flexibility index (Phi) is 6.65. The summed E-state index contributed by atoms with van der Waals surface area (Å²) in [6, 6.07) is 3.99. The highest BCUT2D eigenvalue weighted by molar-refractivity contribution is 7.89. The predicted molar refractivity (Wildman–Crippen MR) is 97.6 cm³/mol. The summed E-state index contributed by atoms with van der Waals surface area (Å²) in [6.45, 7) is 2.14. The number of amides is 1. The van der Waals surface area contributed by atoms with E-state index in [4.69, 9.17) is 16.3 Å². The number of benzene rings is 1. The lowest BCUT2D eigenvalue weighted by molar-refractivity contribution is -0.143. The molecule has 0 heterocycles. The van der Waals surface area contributed by atoms with Gasteiger partial charge in [-0.25, -0.2) is 12.7 Å². The zero-order valence-corrected chi connectivity index (χ0v) is 16.6. The summed E-state index contributed by atoms with van der Waals surface area (Å²) >= 11 is 6.14. The Balaban J connectivity index is 2.33. The van der Waals surface area contributed by atoms with Crippen LogP contribution in [-0.4, -0.2) is 63.3 Å². The molecule has 1 saturated carbocycles. The zero-order chi connectivity index (χ0) is 19.5. The number of esters is 1. The first-order chi connectivity index (χ1) is 12.2. The Hall–Kier alpha value is -1.64. The number of hydrogen-bond acceptors (Lipinski definition) is 5. The van der Waals surface area contributed by atoms with Gasteiger partial charge in [0.15, 0.2) is 0 Å². The molecule has 1 aliphatic carbocycles. The molecule has 9 heteroatoms. The number of rotatable bonds is 8. The molecule has 1 aromatic rings. The smallest absolute Gasteiger partial charge is 0.325 e. The predicted octanol–water partition coefficient (Wildman–Crippen LogP) is 2.01. The second kappa shape index (κ2) is 8.37. The van der Waals surface area contributed by atoms with Gasteiger partial charge in [0.25, 0.3) is 5.91 Å². The molecule has 0 N–H and O–H groups in total. The molecular weight excluding hydrogens is 380 g/mol. The number of carbonyl (C=O) groups is 2. The van der Waals surface area contributed by atoms with Gasteiger partial charge in [0.2, 0.25) is 10.0 Å². The monoisotopic (exact) mass is 402 g/mol. The second-order valence-corrected chi connectivity index (χ2v) is 8.92. The van der Waals surface area contributed by atoms with Gasteiger partial charge in [-0.3, -0.25) is 9.59 Å². The van der Waals surface area contributed by atoms with Gasteiger partial charge >= 0.3 is 5.97 Å². The number of halogens is 1. The molecule has 1 amide bonds. The molecule has 2 rings (SSSR count). The molecule has 0 atom stereocenters. The van der Waals surface area contributed by atoms with Crippen LogP contribution in [0.25, 0.3) is 0 Å². The standard InChI is InChI=1S/C17H23ClN2O5S/c1-4-25-16(21)11-20(10-12-5-6-12)17(22)14-9-13(7-8-15(14)18)26(23,24)19(2)3/h7-9,12H,4-6,10-11H2,1-3H3. The first-order valence-corrected chi connectivity index (χ1v) is 10.2. The molecule has 0 aliphatic heterocycles. The number of hydrogen-bond donors (Lipinski definition) is 0. The molecule has 1 aromatic carbocycles. The number of ether oxygens (including phenoxy) is 1. The highest BCUT2D eigenvalue weighted by atomic mass is 35.5. The van der Waals surface area contributed by atoms with Gasteiger partial charge in [0.05, 0.1) is 22.1 Å². The Bertz CT molecular complexity index is 790. The van der Waals surface area contributed by atoms with Crippen molar-refractivity contribution in [3.8, 4) is 0 Å². The van der Waals surface area contributed by atoms with Crippen LogP contribution in [0.15, 0.2) is 23.1 Å². The molecule has 0 saturated heterocycles. The van der Waals surface area contributed by atoms with E-state index in [9.17, 15) is 18.0 Å². The van der Waals surface area contributed by atoms with Crippen molar-refractivity contribution in [1.82, 2.24) is 9.21 Å². The maximum atomic E-state index is 12.9. The maximum Gasteiger partial charge on any atom is 0.325 e. The molecule has 0 spiro atoms. The SMILES string of the molecule is CCOC(=O)CN(CC1CC1)C(=O)c1cc(S(=O)(=O)N(C)C)ccc1Cl. The summed E-state index contributed by atoms with van der Waals surface area (Å²) in [6.07, 6.45) is 1.99. The van der Waals surface area contributed by atoms with Crippen molar-refractivity contribution in [1.29, 1.82) is 0 Å². The minimum atomic E-state index is -3.71. The molecular formula is C17H23ClN2O5S. The van der Waals surface area contributed by atoms with Gasteiger partial charge in [-0.2, -0.15) is 0 Å². The van der Waals surface area contributed by atoms with E-state index in [0.717, 1.165) is 17.1 Å². The molecule has 7 nitrogen and oxygen atoms in total. The number of sulfonamides is 1. The molecule has 26 heavy (non-hydrogen) atoms. The Morgan fingerprint density at radius 2 is 1.92 bits per heavy atom. The van der Waals surface area contributed by atoms with Crippen molar-refractivity contribution in [2.45, 2.75) is 24.7 Å². The number of nitrogens with zero attached hydrogens (tertiary/aromatic N) is 2. The third-order valence-corrected chi connectivity index (χ3v) is 6.18. The van der Waals surface area contributed by atoms with Crippen LogP contribution >= 0.6 is 11.6 Å². The molecule has 1 fully saturated rings. The first kappa shape index (κ1) is 20.7. The van der Waals surface area contributed by atoms with E-state index in [1.54, 1.807) is 6.92 Å². The fraction of sp³-hybridized carbons (Fsp3) is 0.529. The fourth-order valence-corrected chi connectivity index (χ4v) is 3.53. The van der Waals surface area contributed by atoms with Gasteiger partial charge in [-0.05, 0) is 43.9 Å². The Morgan fingerprint density at radius 1 is 1.27 bits per heavy atom. The van der Waals surface area contributed by atoms with Gasteiger partial charge < -0.3 is 9.64 Å². The average molecular weight is 403 g/mol. The van der Waals surface area contributed by atoms with Crippen LogP contribution in [0.5, 0.6) is 0 Å². The summed E-state index contributed by atoms with van der Waals surface area (Å²) < 4.78 is 30.6. The summed E-state index contributed by atoms with van der Waals surface area (Å²) in [5.41, 5.74) is 0.0551. The van der Waals surface area contributed by atoms with Crippen LogP contribution in [0.4, 0.5) is 0 Å². The van der Waals surface area contributed by atoms with Crippen LogP contribution in [0.2, 0.25) is 5.02 Å². The summed E-state index contributed by atoms with van der Waals surface area (Å²) in [5, 5.41) is 0.136. The summed E-state index contributed by atoms with van der Waals surface area (Å²) in [4.78, 5) is 26.1. The fourth-order valence-electron chi connectivity index (χ4n) is 2.40. The van der Waals surface area contributed by atoms with E-state index in [-0.39, 0.29) is 28.6 Å². The quantitative estimate of drug-likeness (QED) is 0.621. The summed E-state index contributed by atoms with van der Waals surface area (Å²) in [7, 11) is -0.889. The van der Waals surface area contributed by atoms with Crippen LogP contribution in [-0.2, 0) is 19.6 Å².